The molecule has 404 valence electrons. The average Bonchev–Trinajstić information content (AvgIpc) is 3.35. The number of carbonyl (C=O) groups is 2. The quantitative estimate of drug-likeness (QED) is 0.0321. The van der Waals surface area contributed by atoms with E-state index in [9.17, 15) is 19.8 Å². The molecule has 0 aliphatic heterocycles. The summed E-state index contributed by atoms with van der Waals surface area (Å²) in [5.74, 6) is -0.0794. The molecule has 2 atom stereocenters. The van der Waals surface area contributed by atoms with Crippen LogP contribution < -0.4 is 5.32 Å². The molecule has 0 rings (SSSR count). The number of carbonyl (C=O) groups excluding carboxylic acids is 2. The number of unbranched alkanes of at least 4 members (excludes halogenated alkanes) is 37. The predicted molar refractivity (Wildman–Crippen MR) is 301 cm³/mol. The Bertz CT molecular complexity index is 1160. The lowest BCUT2D eigenvalue weighted by Crippen LogP contribution is -2.45. The summed E-state index contributed by atoms with van der Waals surface area (Å²) in [6.07, 6.45) is 73.9. The summed E-state index contributed by atoms with van der Waals surface area (Å²) < 4.78 is 5.45. The van der Waals surface area contributed by atoms with Crippen molar-refractivity contribution in [1.82, 2.24) is 5.32 Å². The van der Waals surface area contributed by atoms with Gasteiger partial charge in [-0.15, -0.1) is 0 Å². The monoisotopic (exact) mass is 968 g/mol. The van der Waals surface area contributed by atoms with Gasteiger partial charge in [-0.3, -0.25) is 9.59 Å². The topological polar surface area (TPSA) is 95.9 Å². The van der Waals surface area contributed by atoms with E-state index in [0.29, 0.717) is 25.9 Å². The van der Waals surface area contributed by atoms with Crippen molar-refractivity contribution >= 4 is 11.9 Å². The Morgan fingerprint density at radius 3 is 1.13 bits per heavy atom. The van der Waals surface area contributed by atoms with Gasteiger partial charge in [0.2, 0.25) is 5.91 Å². The van der Waals surface area contributed by atoms with Gasteiger partial charge in [0.1, 0.15) is 0 Å². The van der Waals surface area contributed by atoms with E-state index in [-0.39, 0.29) is 18.5 Å². The van der Waals surface area contributed by atoms with Crippen LogP contribution in [0.2, 0.25) is 0 Å². The molecule has 2 unspecified atom stereocenters. The summed E-state index contributed by atoms with van der Waals surface area (Å²) in [5, 5.41) is 23.3. The smallest absolute Gasteiger partial charge is 0.305 e. The average molecular weight is 969 g/mol. The number of allylic oxidation sites excluding steroid dienone is 8. The van der Waals surface area contributed by atoms with Crippen LogP contribution in [0, 0.1) is 0 Å². The van der Waals surface area contributed by atoms with Crippen LogP contribution in [0.25, 0.3) is 0 Å². The highest BCUT2D eigenvalue weighted by molar-refractivity contribution is 5.76. The van der Waals surface area contributed by atoms with Crippen molar-refractivity contribution in [2.75, 3.05) is 13.2 Å². The van der Waals surface area contributed by atoms with Crippen molar-refractivity contribution in [1.29, 1.82) is 0 Å². The van der Waals surface area contributed by atoms with Crippen molar-refractivity contribution in [2.45, 2.75) is 328 Å². The van der Waals surface area contributed by atoms with Crippen molar-refractivity contribution in [2.24, 2.45) is 0 Å². The van der Waals surface area contributed by atoms with E-state index in [1.54, 1.807) is 0 Å². The first-order valence-corrected chi connectivity index (χ1v) is 30.4. The first-order valence-electron chi connectivity index (χ1n) is 30.4. The molecule has 0 spiro atoms. The molecule has 6 heteroatoms. The molecule has 0 saturated heterocycles. The number of aliphatic hydroxyl groups is 2. The van der Waals surface area contributed by atoms with E-state index in [4.69, 9.17) is 4.74 Å². The molecule has 0 aromatic carbocycles. The molecule has 0 aliphatic carbocycles. The maximum atomic E-state index is 12.5. The van der Waals surface area contributed by atoms with Gasteiger partial charge in [-0.1, -0.05) is 255 Å². The molecular formula is C63H117NO5. The minimum atomic E-state index is -0.677. The molecule has 0 saturated carbocycles. The van der Waals surface area contributed by atoms with Crippen molar-refractivity contribution in [3.8, 4) is 0 Å². The number of ether oxygens (including phenoxy) is 1. The van der Waals surface area contributed by atoms with Gasteiger partial charge in [-0.25, -0.2) is 0 Å². The van der Waals surface area contributed by atoms with Gasteiger partial charge in [0, 0.05) is 12.8 Å². The number of hydrogen-bond acceptors (Lipinski definition) is 5. The molecule has 0 fully saturated rings. The minimum Gasteiger partial charge on any atom is -0.466 e. The van der Waals surface area contributed by atoms with Gasteiger partial charge >= 0.3 is 5.97 Å². The van der Waals surface area contributed by atoms with E-state index in [0.717, 1.165) is 96.3 Å². The third-order valence-corrected chi connectivity index (χ3v) is 13.9. The highest BCUT2D eigenvalue weighted by Gasteiger charge is 2.20. The number of amides is 1. The van der Waals surface area contributed by atoms with Crippen LogP contribution in [0.5, 0.6) is 0 Å². The first kappa shape index (κ1) is 66.8. The Morgan fingerprint density at radius 1 is 0.406 bits per heavy atom. The fourth-order valence-corrected chi connectivity index (χ4v) is 9.17. The largest absolute Gasteiger partial charge is 0.466 e. The lowest BCUT2D eigenvalue weighted by Gasteiger charge is -2.22. The molecule has 0 bridgehead atoms. The van der Waals surface area contributed by atoms with E-state index in [1.807, 2.05) is 0 Å². The molecule has 0 aromatic rings. The summed E-state index contributed by atoms with van der Waals surface area (Å²) in [5.41, 5.74) is 0. The Kier molecular flexibility index (Phi) is 56.5. The summed E-state index contributed by atoms with van der Waals surface area (Å²) in [7, 11) is 0. The zero-order chi connectivity index (χ0) is 50.0. The third-order valence-electron chi connectivity index (χ3n) is 13.9. The van der Waals surface area contributed by atoms with E-state index in [1.165, 1.54) is 186 Å². The highest BCUT2D eigenvalue weighted by Crippen LogP contribution is 2.17. The SMILES string of the molecule is CCCCC/C=C\C/C=C\CCCCCCCC(=O)OCCCCC/C=C\C/C=C\CCCCCCCCCC(=O)NC(CO)C(O)CCCCCCCCCCCCCCCCCCCCCC. The number of hydrogen-bond donors (Lipinski definition) is 3. The lowest BCUT2D eigenvalue weighted by molar-refractivity contribution is -0.143. The number of esters is 1. The molecule has 0 radical (unpaired) electrons. The van der Waals surface area contributed by atoms with Crippen LogP contribution in [-0.4, -0.2) is 47.4 Å². The second-order valence-corrected chi connectivity index (χ2v) is 20.7. The predicted octanol–water partition coefficient (Wildman–Crippen LogP) is 19.0. The number of nitrogens with one attached hydrogen (secondary N) is 1. The number of aliphatic hydroxyl groups excluding tert-OH is 2. The zero-order valence-electron chi connectivity index (χ0n) is 46.0. The van der Waals surface area contributed by atoms with Crippen LogP contribution in [0.4, 0.5) is 0 Å². The molecule has 6 nitrogen and oxygen atoms in total. The van der Waals surface area contributed by atoms with Crippen LogP contribution in [0.3, 0.4) is 0 Å². The fraction of sp³-hybridized carbons (Fsp3) is 0.841. The van der Waals surface area contributed by atoms with Crippen LogP contribution in [-0.2, 0) is 14.3 Å². The Morgan fingerprint density at radius 2 is 0.725 bits per heavy atom. The lowest BCUT2D eigenvalue weighted by atomic mass is 10.0. The van der Waals surface area contributed by atoms with Crippen LogP contribution in [0.1, 0.15) is 316 Å². The van der Waals surface area contributed by atoms with Gasteiger partial charge in [-0.2, -0.15) is 0 Å². The van der Waals surface area contributed by atoms with Crippen molar-refractivity contribution in [3.63, 3.8) is 0 Å². The standard InChI is InChI=1S/C63H117NO5/c1-3-5-7-9-11-13-15-17-19-20-21-22-24-28-31-35-39-43-47-51-55-61(66)60(59-65)64-62(67)56-52-48-44-40-36-32-29-25-23-26-30-34-38-42-46-50-54-58-69-63(68)57-53-49-45-41-37-33-27-18-16-14-12-10-8-6-4-2/h12,14,18,23,26-27,34,38,60-61,65-66H,3-11,13,15-17,19-22,24-25,28-33,35-37,39-59H2,1-2H3,(H,64,67)/b14-12-,26-23-,27-18-,38-34-. The normalized spacial score (nSPS) is 12.9. The third kappa shape index (κ3) is 55.0. The van der Waals surface area contributed by atoms with Gasteiger partial charge in [0.15, 0.2) is 0 Å². The van der Waals surface area contributed by atoms with Gasteiger partial charge in [0.05, 0.1) is 25.4 Å². The Balaban J connectivity index is 3.51. The highest BCUT2D eigenvalue weighted by atomic mass is 16.5. The zero-order valence-corrected chi connectivity index (χ0v) is 46.0. The molecular weight excluding hydrogens is 851 g/mol. The number of rotatable bonds is 56. The molecule has 0 heterocycles. The van der Waals surface area contributed by atoms with E-state index < -0.39 is 12.1 Å². The van der Waals surface area contributed by atoms with Gasteiger partial charge in [-0.05, 0) is 96.3 Å². The maximum absolute atomic E-state index is 12.5. The van der Waals surface area contributed by atoms with E-state index >= 15 is 0 Å². The van der Waals surface area contributed by atoms with Crippen molar-refractivity contribution in [3.05, 3.63) is 48.6 Å². The summed E-state index contributed by atoms with van der Waals surface area (Å²) >= 11 is 0. The Hall–Kier alpha value is -2.18. The van der Waals surface area contributed by atoms with Gasteiger partial charge in [0.25, 0.3) is 0 Å². The molecule has 0 aromatic heterocycles. The summed E-state index contributed by atoms with van der Waals surface area (Å²) in [4.78, 5) is 24.5. The molecule has 0 aliphatic rings. The van der Waals surface area contributed by atoms with Crippen molar-refractivity contribution < 1.29 is 24.5 Å². The first-order chi connectivity index (χ1) is 34.0. The second-order valence-electron chi connectivity index (χ2n) is 20.7. The van der Waals surface area contributed by atoms with Crippen LogP contribution >= 0.6 is 0 Å². The van der Waals surface area contributed by atoms with E-state index in [2.05, 4.69) is 67.8 Å². The summed E-state index contributed by atoms with van der Waals surface area (Å²) in [6.45, 7) is 4.89. The maximum Gasteiger partial charge on any atom is 0.305 e. The fourth-order valence-electron chi connectivity index (χ4n) is 9.17. The summed E-state index contributed by atoms with van der Waals surface area (Å²) in [6, 6.07) is -0.556. The molecule has 1 amide bonds. The molecule has 69 heavy (non-hydrogen) atoms. The minimum absolute atomic E-state index is 0.0295. The van der Waals surface area contributed by atoms with Gasteiger partial charge < -0.3 is 20.3 Å². The second kappa shape index (κ2) is 58.4. The van der Waals surface area contributed by atoms with Crippen LogP contribution in [0.15, 0.2) is 48.6 Å². The Labute approximate surface area is 429 Å². The molecule has 3 N–H and O–H groups in total.